The van der Waals surface area contributed by atoms with Crippen LogP contribution in [-0.2, 0) is 7.05 Å². The molecule has 0 atom stereocenters. The Morgan fingerprint density at radius 2 is 1.89 bits per heavy atom. The van der Waals surface area contributed by atoms with E-state index in [1.54, 1.807) is 23.0 Å². The summed E-state index contributed by atoms with van der Waals surface area (Å²) in [4.78, 5) is 14.8. The molecule has 0 saturated carbocycles. The molecule has 1 aliphatic rings. The number of carbonyl (C=O) groups excluding carboxylic acids is 1. The number of amides is 1. The second kappa shape index (κ2) is 7.57. The number of rotatable bonds is 4. The van der Waals surface area contributed by atoms with Crippen LogP contribution in [0.3, 0.4) is 0 Å². The van der Waals surface area contributed by atoms with Crippen molar-refractivity contribution in [2.24, 2.45) is 7.05 Å². The lowest BCUT2D eigenvalue weighted by atomic mass is 10.1. The predicted molar refractivity (Wildman–Crippen MR) is 100 cm³/mol. The third kappa shape index (κ3) is 3.81. The molecule has 7 nitrogen and oxygen atoms in total. The minimum atomic E-state index is 0.00475. The van der Waals surface area contributed by atoms with Gasteiger partial charge in [-0.1, -0.05) is 30.3 Å². The molecule has 3 aromatic rings. The van der Waals surface area contributed by atoms with E-state index in [0.29, 0.717) is 24.7 Å². The summed E-state index contributed by atoms with van der Waals surface area (Å²) in [5.74, 6) is 0.534. The Hall–Kier alpha value is -3.22. The van der Waals surface area contributed by atoms with Gasteiger partial charge in [0.1, 0.15) is 11.8 Å². The van der Waals surface area contributed by atoms with Crippen molar-refractivity contribution in [3.8, 4) is 17.1 Å². The van der Waals surface area contributed by atoms with Crippen LogP contribution in [0.2, 0.25) is 0 Å². The molecule has 3 heterocycles. The highest BCUT2D eigenvalue weighted by molar-refractivity contribution is 5.93. The van der Waals surface area contributed by atoms with Gasteiger partial charge in [0.25, 0.3) is 5.91 Å². The molecular weight excluding hydrogens is 342 g/mol. The molecule has 1 saturated heterocycles. The zero-order valence-corrected chi connectivity index (χ0v) is 15.2. The van der Waals surface area contributed by atoms with E-state index in [1.807, 2.05) is 48.3 Å². The topological polar surface area (TPSA) is 73.1 Å². The lowest BCUT2D eigenvalue weighted by Crippen LogP contribution is -2.42. The quantitative estimate of drug-likeness (QED) is 0.712. The highest BCUT2D eigenvalue weighted by Crippen LogP contribution is 2.22. The summed E-state index contributed by atoms with van der Waals surface area (Å²) >= 11 is 0. The van der Waals surface area contributed by atoms with E-state index in [9.17, 15) is 4.79 Å². The predicted octanol–water partition coefficient (Wildman–Crippen LogP) is 2.56. The second-order valence-corrected chi connectivity index (χ2v) is 6.58. The van der Waals surface area contributed by atoms with Gasteiger partial charge in [-0.15, -0.1) is 5.10 Å². The maximum absolute atomic E-state index is 12.9. The SMILES string of the molecule is Cn1nc(-c2ccccc2)cc1C(=O)N1CCC(Oc2cccnn2)CC1. The van der Waals surface area contributed by atoms with Crippen LogP contribution in [0.15, 0.2) is 54.7 Å². The van der Waals surface area contributed by atoms with Gasteiger partial charge in [-0.25, -0.2) is 0 Å². The van der Waals surface area contributed by atoms with Gasteiger partial charge < -0.3 is 9.64 Å². The first-order chi connectivity index (χ1) is 13.2. The lowest BCUT2D eigenvalue weighted by Gasteiger charge is -2.31. The molecule has 7 heteroatoms. The summed E-state index contributed by atoms with van der Waals surface area (Å²) in [6.45, 7) is 1.30. The van der Waals surface area contributed by atoms with Crippen LogP contribution in [0, 0.1) is 0 Å². The molecule has 4 rings (SSSR count). The molecule has 2 aromatic heterocycles. The van der Waals surface area contributed by atoms with Crippen LogP contribution < -0.4 is 4.74 Å². The lowest BCUT2D eigenvalue weighted by molar-refractivity contribution is 0.0576. The van der Waals surface area contributed by atoms with Crippen molar-refractivity contribution in [1.29, 1.82) is 0 Å². The smallest absolute Gasteiger partial charge is 0.272 e. The van der Waals surface area contributed by atoms with Gasteiger partial charge >= 0.3 is 0 Å². The zero-order chi connectivity index (χ0) is 18.6. The first-order valence-electron chi connectivity index (χ1n) is 9.04. The molecule has 0 radical (unpaired) electrons. The Balaban J connectivity index is 1.40. The van der Waals surface area contributed by atoms with Crippen LogP contribution in [0.4, 0.5) is 0 Å². The van der Waals surface area contributed by atoms with Crippen molar-refractivity contribution >= 4 is 5.91 Å². The van der Waals surface area contributed by atoms with Crippen molar-refractivity contribution < 1.29 is 9.53 Å². The van der Waals surface area contributed by atoms with Crippen molar-refractivity contribution in [3.63, 3.8) is 0 Å². The molecule has 1 fully saturated rings. The summed E-state index contributed by atoms with van der Waals surface area (Å²) < 4.78 is 7.51. The molecule has 1 aromatic carbocycles. The number of aromatic nitrogens is 4. The number of aryl methyl sites for hydroxylation is 1. The Bertz CT molecular complexity index is 903. The van der Waals surface area contributed by atoms with Gasteiger partial charge in [-0.05, 0) is 12.1 Å². The van der Waals surface area contributed by atoms with E-state index in [0.717, 1.165) is 24.1 Å². The van der Waals surface area contributed by atoms with Crippen LogP contribution in [0.1, 0.15) is 23.3 Å². The van der Waals surface area contributed by atoms with Crippen LogP contribution in [0.5, 0.6) is 5.88 Å². The highest BCUT2D eigenvalue weighted by atomic mass is 16.5. The molecule has 27 heavy (non-hydrogen) atoms. The molecule has 0 bridgehead atoms. The van der Waals surface area contributed by atoms with Gasteiger partial charge in [0.15, 0.2) is 0 Å². The largest absolute Gasteiger partial charge is 0.473 e. The summed E-state index contributed by atoms with van der Waals surface area (Å²) in [6, 6.07) is 15.3. The van der Waals surface area contributed by atoms with Crippen molar-refractivity contribution in [1.82, 2.24) is 24.9 Å². The van der Waals surface area contributed by atoms with E-state index in [4.69, 9.17) is 4.74 Å². The number of hydrogen-bond donors (Lipinski definition) is 0. The van der Waals surface area contributed by atoms with E-state index < -0.39 is 0 Å². The normalized spacial score (nSPS) is 14.9. The Kier molecular flexibility index (Phi) is 4.82. The Labute approximate surface area is 157 Å². The third-order valence-corrected chi connectivity index (χ3v) is 4.73. The molecule has 0 spiro atoms. The number of piperidine rings is 1. The van der Waals surface area contributed by atoms with E-state index in [1.165, 1.54) is 0 Å². The fraction of sp³-hybridized carbons (Fsp3) is 0.300. The standard InChI is InChI=1S/C20H21N5O2/c1-24-18(14-17(23-24)15-6-3-2-4-7-15)20(26)25-12-9-16(10-13-25)27-19-8-5-11-21-22-19/h2-8,11,14,16H,9-10,12-13H2,1H3. The number of ether oxygens (including phenoxy) is 1. The third-order valence-electron chi connectivity index (χ3n) is 4.73. The average molecular weight is 363 g/mol. The summed E-state index contributed by atoms with van der Waals surface area (Å²) in [5.41, 5.74) is 2.41. The minimum Gasteiger partial charge on any atom is -0.473 e. The number of carbonyl (C=O) groups is 1. The fourth-order valence-corrected chi connectivity index (χ4v) is 3.28. The molecule has 138 valence electrons. The van der Waals surface area contributed by atoms with Crippen LogP contribution >= 0.6 is 0 Å². The molecule has 0 aliphatic carbocycles. The molecule has 0 N–H and O–H groups in total. The summed E-state index contributed by atoms with van der Waals surface area (Å²) in [6.07, 6.45) is 3.21. The van der Waals surface area contributed by atoms with Gasteiger partial charge in [-0.2, -0.15) is 10.2 Å². The average Bonchev–Trinajstić information content (AvgIpc) is 3.11. The molecular formula is C20H21N5O2. The number of benzene rings is 1. The zero-order valence-electron chi connectivity index (χ0n) is 15.2. The number of likely N-dealkylation sites (tertiary alicyclic amines) is 1. The Morgan fingerprint density at radius 3 is 2.59 bits per heavy atom. The van der Waals surface area contributed by atoms with Crippen molar-refractivity contribution in [2.45, 2.75) is 18.9 Å². The molecule has 1 amide bonds. The number of nitrogens with zero attached hydrogens (tertiary/aromatic N) is 5. The minimum absolute atomic E-state index is 0.00475. The number of hydrogen-bond acceptors (Lipinski definition) is 5. The van der Waals surface area contributed by atoms with E-state index in [-0.39, 0.29) is 12.0 Å². The van der Waals surface area contributed by atoms with Gasteiger partial charge in [0.05, 0.1) is 5.69 Å². The van der Waals surface area contributed by atoms with Gasteiger partial charge in [-0.3, -0.25) is 9.48 Å². The monoisotopic (exact) mass is 363 g/mol. The van der Waals surface area contributed by atoms with E-state index in [2.05, 4.69) is 15.3 Å². The van der Waals surface area contributed by atoms with Crippen molar-refractivity contribution in [3.05, 3.63) is 60.4 Å². The summed E-state index contributed by atoms with van der Waals surface area (Å²) in [7, 11) is 1.81. The highest BCUT2D eigenvalue weighted by Gasteiger charge is 2.27. The Morgan fingerprint density at radius 1 is 1.11 bits per heavy atom. The first-order valence-corrected chi connectivity index (χ1v) is 9.04. The van der Waals surface area contributed by atoms with Gasteiger partial charge in [0.2, 0.25) is 5.88 Å². The second-order valence-electron chi connectivity index (χ2n) is 6.58. The molecule has 0 unspecified atom stereocenters. The van der Waals surface area contributed by atoms with Gasteiger partial charge in [0, 0.05) is 50.8 Å². The summed E-state index contributed by atoms with van der Waals surface area (Å²) in [5, 5.41) is 12.3. The molecule has 1 aliphatic heterocycles. The maximum atomic E-state index is 12.9. The fourth-order valence-electron chi connectivity index (χ4n) is 3.28. The van der Waals surface area contributed by atoms with E-state index >= 15 is 0 Å². The first kappa shape index (κ1) is 17.2. The van der Waals surface area contributed by atoms with Crippen molar-refractivity contribution in [2.75, 3.05) is 13.1 Å². The van der Waals surface area contributed by atoms with Crippen LogP contribution in [0.25, 0.3) is 11.3 Å². The maximum Gasteiger partial charge on any atom is 0.272 e. The van der Waals surface area contributed by atoms with Crippen LogP contribution in [-0.4, -0.2) is 50.0 Å².